The van der Waals surface area contributed by atoms with Gasteiger partial charge in [-0.25, -0.2) is 0 Å². The van der Waals surface area contributed by atoms with E-state index in [9.17, 15) is 0 Å². The van der Waals surface area contributed by atoms with E-state index in [-0.39, 0.29) is 5.41 Å². The third kappa shape index (κ3) is 1.11. The number of hydrogen-bond donors (Lipinski definition) is 2. The van der Waals surface area contributed by atoms with Gasteiger partial charge in [-0.15, -0.1) is 0 Å². The van der Waals surface area contributed by atoms with E-state index in [0.29, 0.717) is 6.54 Å². The molecule has 0 amide bonds. The van der Waals surface area contributed by atoms with E-state index in [1.165, 1.54) is 0 Å². The Bertz CT molecular complexity index is 118. The normalized spacial score (nSPS) is 22.1. The summed E-state index contributed by atoms with van der Waals surface area (Å²) in [6.07, 6.45) is 0.524. The molecule has 52 valence electrons. The van der Waals surface area contributed by atoms with Gasteiger partial charge < -0.3 is 15.2 Å². The third-order valence-electron chi connectivity index (χ3n) is 1.87. The van der Waals surface area contributed by atoms with Crippen molar-refractivity contribution in [3.63, 3.8) is 0 Å². The van der Waals surface area contributed by atoms with Crippen LogP contribution in [0.15, 0.2) is 4.99 Å². The number of nitrogens with zero attached hydrogens (tertiary/aromatic N) is 1. The van der Waals surface area contributed by atoms with E-state index in [2.05, 4.69) is 11.7 Å². The summed E-state index contributed by atoms with van der Waals surface area (Å²) in [4.78, 5) is 3.62. The Morgan fingerprint density at radius 2 is 2.11 bits per heavy atom. The summed E-state index contributed by atoms with van der Waals surface area (Å²) >= 11 is 0. The molecule has 0 aromatic rings. The summed E-state index contributed by atoms with van der Waals surface area (Å²) in [6.45, 7) is 3.77. The minimum Gasteiger partial charge on any atom is -0.368 e. The molecule has 9 heavy (non-hydrogen) atoms. The Balaban J connectivity index is 2.42. The van der Waals surface area contributed by atoms with Gasteiger partial charge >= 0.3 is 0 Å². The first kappa shape index (κ1) is 6.71. The molecular weight excluding hydrogens is 118 g/mol. The highest BCUT2D eigenvalue weighted by Gasteiger charge is 2.48. The zero-order valence-corrected chi connectivity index (χ0v) is 5.25. The minimum atomic E-state index is -1.21. The van der Waals surface area contributed by atoms with Crippen molar-refractivity contribution in [3.8, 4) is 0 Å². The number of aliphatic imine (C=N–C) groups is 1. The van der Waals surface area contributed by atoms with Gasteiger partial charge in [0.25, 0.3) is 0 Å². The van der Waals surface area contributed by atoms with Crippen molar-refractivity contribution < 1.29 is 10.2 Å². The monoisotopic (exact) mass is 129 g/mol. The van der Waals surface area contributed by atoms with Gasteiger partial charge in [-0.1, -0.05) is 0 Å². The lowest BCUT2D eigenvalue weighted by molar-refractivity contribution is -0.0917. The van der Waals surface area contributed by atoms with Crippen molar-refractivity contribution in [2.45, 2.75) is 19.1 Å². The minimum absolute atomic E-state index is 0.318. The maximum absolute atomic E-state index is 8.74. The summed E-state index contributed by atoms with van der Waals surface area (Å²) in [6, 6.07) is 0. The summed E-state index contributed by atoms with van der Waals surface area (Å²) in [5.41, 5.74) is -0.318. The lowest BCUT2D eigenvalue weighted by Crippen LogP contribution is -2.23. The third-order valence-corrected chi connectivity index (χ3v) is 1.87. The molecule has 1 saturated carbocycles. The molecule has 1 fully saturated rings. The van der Waals surface area contributed by atoms with Crippen molar-refractivity contribution >= 4 is 6.72 Å². The maximum Gasteiger partial charge on any atom is 0.158 e. The number of rotatable bonds is 3. The molecule has 3 heteroatoms. The van der Waals surface area contributed by atoms with E-state index in [1.54, 1.807) is 0 Å². The molecule has 2 N–H and O–H groups in total. The zero-order valence-electron chi connectivity index (χ0n) is 5.25. The fourth-order valence-electron chi connectivity index (χ4n) is 0.881. The molecule has 0 bridgehead atoms. The highest BCUT2D eigenvalue weighted by Crippen LogP contribution is 2.47. The SMILES string of the molecule is C=NCC1(C(O)O)CC1. The number of aliphatic hydroxyl groups is 2. The molecule has 0 spiro atoms. The van der Waals surface area contributed by atoms with Crippen molar-refractivity contribution in [1.29, 1.82) is 0 Å². The second-order valence-corrected chi connectivity index (χ2v) is 2.62. The predicted octanol–water partition coefficient (Wildman–Crippen LogP) is -0.222. The van der Waals surface area contributed by atoms with E-state index in [4.69, 9.17) is 10.2 Å². The Hall–Kier alpha value is -0.410. The van der Waals surface area contributed by atoms with Gasteiger partial charge in [0.15, 0.2) is 6.29 Å². The molecule has 0 radical (unpaired) electrons. The quantitative estimate of drug-likeness (QED) is 0.409. The van der Waals surface area contributed by atoms with E-state index in [1.807, 2.05) is 0 Å². The second kappa shape index (κ2) is 2.08. The highest BCUT2D eigenvalue weighted by molar-refractivity contribution is 5.24. The smallest absolute Gasteiger partial charge is 0.158 e. The van der Waals surface area contributed by atoms with Crippen LogP contribution in [0.25, 0.3) is 0 Å². The fourth-order valence-corrected chi connectivity index (χ4v) is 0.881. The molecule has 3 nitrogen and oxygen atoms in total. The van der Waals surface area contributed by atoms with E-state index in [0.717, 1.165) is 12.8 Å². The van der Waals surface area contributed by atoms with E-state index < -0.39 is 6.29 Å². The lowest BCUT2D eigenvalue weighted by atomic mass is 10.1. The Morgan fingerprint density at radius 3 is 2.22 bits per heavy atom. The van der Waals surface area contributed by atoms with Crippen LogP contribution in [0.5, 0.6) is 0 Å². The second-order valence-electron chi connectivity index (χ2n) is 2.62. The molecular formula is C6H11NO2. The average Bonchev–Trinajstić information content (AvgIpc) is 2.49. The van der Waals surface area contributed by atoms with Crippen molar-refractivity contribution in [2.24, 2.45) is 10.4 Å². The zero-order chi connectivity index (χ0) is 6.91. The predicted molar refractivity (Wildman–Crippen MR) is 34.3 cm³/mol. The van der Waals surface area contributed by atoms with Crippen LogP contribution >= 0.6 is 0 Å². The van der Waals surface area contributed by atoms with Crippen LogP contribution in [0.2, 0.25) is 0 Å². The van der Waals surface area contributed by atoms with Gasteiger partial charge in [0, 0.05) is 12.0 Å². The Labute approximate surface area is 54.0 Å². The standard InChI is InChI=1S/C6H11NO2/c1-7-4-6(2-3-6)5(8)9/h5,8-9H,1-4H2. The molecule has 0 heterocycles. The molecule has 0 aromatic heterocycles. The number of aliphatic hydroxyl groups excluding tert-OH is 1. The summed E-state index contributed by atoms with van der Waals surface area (Å²) in [7, 11) is 0. The highest BCUT2D eigenvalue weighted by atomic mass is 16.5. The summed E-state index contributed by atoms with van der Waals surface area (Å²) < 4.78 is 0. The Kier molecular flexibility index (Phi) is 1.55. The Morgan fingerprint density at radius 1 is 1.56 bits per heavy atom. The fraction of sp³-hybridized carbons (Fsp3) is 0.833. The van der Waals surface area contributed by atoms with Gasteiger partial charge in [-0.05, 0) is 19.6 Å². The molecule has 1 aliphatic carbocycles. The van der Waals surface area contributed by atoms with Crippen LogP contribution in [-0.2, 0) is 0 Å². The van der Waals surface area contributed by atoms with Gasteiger partial charge in [-0.3, -0.25) is 0 Å². The van der Waals surface area contributed by atoms with Crippen LogP contribution in [0.1, 0.15) is 12.8 Å². The topological polar surface area (TPSA) is 52.8 Å². The maximum atomic E-state index is 8.74. The summed E-state index contributed by atoms with van der Waals surface area (Å²) in [5.74, 6) is 0. The van der Waals surface area contributed by atoms with Gasteiger partial charge in [0.05, 0.1) is 0 Å². The first-order chi connectivity index (χ1) is 4.21. The molecule has 0 aliphatic heterocycles. The van der Waals surface area contributed by atoms with Gasteiger partial charge in [0.2, 0.25) is 0 Å². The first-order valence-electron chi connectivity index (χ1n) is 3.00. The van der Waals surface area contributed by atoms with Crippen molar-refractivity contribution in [2.75, 3.05) is 6.54 Å². The van der Waals surface area contributed by atoms with Crippen LogP contribution in [0.3, 0.4) is 0 Å². The molecule has 1 aliphatic rings. The van der Waals surface area contributed by atoms with E-state index >= 15 is 0 Å². The molecule has 0 atom stereocenters. The first-order valence-corrected chi connectivity index (χ1v) is 3.00. The molecule has 1 rings (SSSR count). The molecule has 0 aromatic carbocycles. The van der Waals surface area contributed by atoms with Crippen LogP contribution in [-0.4, -0.2) is 29.8 Å². The molecule has 0 unspecified atom stereocenters. The average molecular weight is 129 g/mol. The van der Waals surface area contributed by atoms with Gasteiger partial charge in [0.1, 0.15) is 0 Å². The van der Waals surface area contributed by atoms with Crippen LogP contribution in [0.4, 0.5) is 0 Å². The van der Waals surface area contributed by atoms with Crippen LogP contribution in [0, 0.1) is 5.41 Å². The molecule has 0 saturated heterocycles. The number of hydrogen-bond acceptors (Lipinski definition) is 3. The lowest BCUT2D eigenvalue weighted by Gasteiger charge is -2.13. The largest absolute Gasteiger partial charge is 0.368 e. The van der Waals surface area contributed by atoms with Crippen molar-refractivity contribution in [1.82, 2.24) is 0 Å². The van der Waals surface area contributed by atoms with Crippen molar-refractivity contribution in [3.05, 3.63) is 0 Å². The summed E-state index contributed by atoms with van der Waals surface area (Å²) in [5, 5.41) is 17.5. The van der Waals surface area contributed by atoms with Crippen LogP contribution < -0.4 is 0 Å². The van der Waals surface area contributed by atoms with Gasteiger partial charge in [-0.2, -0.15) is 0 Å².